The SMILES string of the molecule is CCN(CC(C)C#N)S(=O)(=O)c1cc(N)c(OC)c(F)c1. The van der Waals surface area contributed by atoms with Gasteiger partial charge in [-0.05, 0) is 19.1 Å². The molecule has 1 aromatic carbocycles. The summed E-state index contributed by atoms with van der Waals surface area (Å²) in [7, 11) is -2.67. The summed E-state index contributed by atoms with van der Waals surface area (Å²) in [6.07, 6.45) is 0. The van der Waals surface area contributed by atoms with Crippen LogP contribution in [-0.2, 0) is 10.0 Å². The molecule has 0 aliphatic rings. The lowest BCUT2D eigenvalue weighted by molar-refractivity contribution is 0.386. The van der Waals surface area contributed by atoms with Crippen LogP contribution in [0.25, 0.3) is 0 Å². The summed E-state index contributed by atoms with van der Waals surface area (Å²) >= 11 is 0. The number of nitrogens with zero attached hydrogens (tertiary/aromatic N) is 2. The molecule has 1 atom stereocenters. The highest BCUT2D eigenvalue weighted by atomic mass is 32.2. The first-order valence-electron chi connectivity index (χ1n) is 6.30. The van der Waals surface area contributed by atoms with E-state index in [4.69, 9.17) is 15.7 Å². The van der Waals surface area contributed by atoms with Gasteiger partial charge in [-0.2, -0.15) is 9.57 Å². The Morgan fingerprint density at radius 3 is 2.57 bits per heavy atom. The van der Waals surface area contributed by atoms with Gasteiger partial charge in [-0.25, -0.2) is 12.8 Å². The van der Waals surface area contributed by atoms with Crippen LogP contribution in [0.1, 0.15) is 13.8 Å². The summed E-state index contributed by atoms with van der Waals surface area (Å²) in [6.45, 7) is 3.46. The topological polar surface area (TPSA) is 96.4 Å². The molecule has 0 saturated heterocycles. The van der Waals surface area contributed by atoms with E-state index < -0.39 is 21.8 Å². The lowest BCUT2D eigenvalue weighted by Crippen LogP contribution is -2.34. The Bertz CT molecular complexity index is 632. The van der Waals surface area contributed by atoms with Crippen LogP contribution in [0.4, 0.5) is 10.1 Å². The van der Waals surface area contributed by atoms with Crippen LogP contribution in [0.15, 0.2) is 17.0 Å². The summed E-state index contributed by atoms with van der Waals surface area (Å²) in [5.41, 5.74) is 5.50. The van der Waals surface area contributed by atoms with Crippen molar-refractivity contribution in [2.45, 2.75) is 18.7 Å². The van der Waals surface area contributed by atoms with Gasteiger partial charge >= 0.3 is 0 Å². The zero-order valence-corrected chi connectivity index (χ0v) is 12.9. The molecule has 0 amide bonds. The molecule has 2 N–H and O–H groups in total. The van der Waals surface area contributed by atoms with Crippen molar-refractivity contribution >= 4 is 15.7 Å². The third kappa shape index (κ3) is 3.62. The fraction of sp³-hybridized carbons (Fsp3) is 0.462. The minimum Gasteiger partial charge on any atom is -0.492 e. The van der Waals surface area contributed by atoms with Crippen LogP contribution >= 0.6 is 0 Å². The zero-order chi connectivity index (χ0) is 16.2. The monoisotopic (exact) mass is 315 g/mol. The van der Waals surface area contributed by atoms with Gasteiger partial charge in [-0.1, -0.05) is 6.92 Å². The first kappa shape index (κ1) is 17.2. The Morgan fingerprint density at radius 1 is 1.52 bits per heavy atom. The Balaban J connectivity index is 3.27. The molecule has 0 aliphatic heterocycles. The van der Waals surface area contributed by atoms with Gasteiger partial charge in [-0.15, -0.1) is 0 Å². The van der Waals surface area contributed by atoms with Crippen LogP contribution < -0.4 is 10.5 Å². The standard InChI is InChI=1S/C13H18FN3O3S/c1-4-17(8-9(2)7-15)21(18,19)10-5-11(14)13(20-3)12(16)6-10/h5-6,9H,4,8,16H2,1-3H3. The summed E-state index contributed by atoms with van der Waals surface area (Å²) in [6, 6.07) is 3.98. The van der Waals surface area contributed by atoms with Crippen molar-refractivity contribution in [2.75, 3.05) is 25.9 Å². The summed E-state index contributed by atoms with van der Waals surface area (Å²) in [5, 5.41) is 8.80. The molecule has 1 aromatic rings. The van der Waals surface area contributed by atoms with E-state index in [-0.39, 0.29) is 29.4 Å². The minimum atomic E-state index is -3.92. The number of anilines is 1. The highest BCUT2D eigenvalue weighted by Gasteiger charge is 2.26. The summed E-state index contributed by atoms with van der Waals surface area (Å²) < 4.78 is 44.6. The fourth-order valence-electron chi connectivity index (χ4n) is 1.85. The first-order chi connectivity index (χ1) is 9.77. The molecule has 0 spiro atoms. The smallest absolute Gasteiger partial charge is 0.243 e. The summed E-state index contributed by atoms with van der Waals surface area (Å²) in [4.78, 5) is -0.259. The Kier molecular flexibility index (Phi) is 5.52. The van der Waals surface area contributed by atoms with Crippen molar-refractivity contribution in [2.24, 2.45) is 5.92 Å². The van der Waals surface area contributed by atoms with Gasteiger partial charge in [0, 0.05) is 13.1 Å². The number of sulfonamides is 1. The predicted molar refractivity (Wildman–Crippen MR) is 76.6 cm³/mol. The lowest BCUT2D eigenvalue weighted by Gasteiger charge is -2.22. The second-order valence-corrected chi connectivity index (χ2v) is 6.45. The highest BCUT2D eigenvalue weighted by molar-refractivity contribution is 7.89. The largest absolute Gasteiger partial charge is 0.492 e. The molecule has 1 rings (SSSR count). The van der Waals surface area contributed by atoms with Crippen LogP contribution in [-0.4, -0.2) is 32.9 Å². The Labute approximate surface area is 124 Å². The number of hydrogen-bond acceptors (Lipinski definition) is 5. The molecule has 8 heteroatoms. The lowest BCUT2D eigenvalue weighted by atomic mass is 10.2. The van der Waals surface area contributed by atoms with E-state index in [1.807, 2.05) is 6.07 Å². The van der Waals surface area contributed by atoms with Crippen LogP contribution in [0, 0.1) is 23.1 Å². The maximum atomic E-state index is 13.8. The normalized spacial score (nSPS) is 13.0. The number of halogens is 1. The number of ether oxygens (including phenoxy) is 1. The molecule has 21 heavy (non-hydrogen) atoms. The van der Waals surface area contributed by atoms with Crippen molar-refractivity contribution in [3.05, 3.63) is 17.9 Å². The van der Waals surface area contributed by atoms with Crippen molar-refractivity contribution < 1.29 is 17.5 Å². The maximum Gasteiger partial charge on any atom is 0.243 e. The van der Waals surface area contributed by atoms with Crippen molar-refractivity contribution in [3.63, 3.8) is 0 Å². The number of hydrogen-bond donors (Lipinski definition) is 1. The molecule has 6 nitrogen and oxygen atoms in total. The molecule has 0 saturated carbocycles. The van der Waals surface area contributed by atoms with Crippen LogP contribution in [0.3, 0.4) is 0 Å². The number of nitrogens with two attached hydrogens (primary N) is 1. The molecule has 1 unspecified atom stereocenters. The van der Waals surface area contributed by atoms with Gasteiger partial charge in [0.25, 0.3) is 0 Å². The molecule has 116 valence electrons. The molecular weight excluding hydrogens is 297 g/mol. The van der Waals surface area contributed by atoms with E-state index >= 15 is 0 Å². The third-order valence-corrected chi connectivity index (χ3v) is 4.86. The van der Waals surface area contributed by atoms with Crippen LogP contribution in [0.5, 0.6) is 5.75 Å². The number of nitrogen functional groups attached to an aromatic ring is 1. The van der Waals surface area contributed by atoms with Crippen molar-refractivity contribution in [3.8, 4) is 11.8 Å². The second kappa shape index (κ2) is 6.74. The molecule has 0 aliphatic carbocycles. The van der Waals surface area contributed by atoms with E-state index in [2.05, 4.69) is 0 Å². The Hall–Kier alpha value is -1.85. The fourth-order valence-corrected chi connectivity index (χ4v) is 3.43. The zero-order valence-electron chi connectivity index (χ0n) is 12.1. The van der Waals surface area contributed by atoms with Gasteiger partial charge in [0.15, 0.2) is 11.6 Å². The maximum absolute atomic E-state index is 13.8. The van der Waals surface area contributed by atoms with Gasteiger partial charge in [0.1, 0.15) is 0 Å². The van der Waals surface area contributed by atoms with E-state index in [0.717, 1.165) is 16.4 Å². The number of benzene rings is 1. The van der Waals surface area contributed by atoms with Gasteiger partial charge in [0.2, 0.25) is 10.0 Å². The highest BCUT2D eigenvalue weighted by Crippen LogP contribution is 2.30. The van der Waals surface area contributed by atoms with E-state index in [1.54, 1.807) is 13.8 Å². The van der Waals surface area contributed by atoms with Crippen molar-refractivity contribution in [1.29, 1.82) is 5.26 Å². The molecule has 0 fully saturated rings. The van der Waals surface area contributed by atoms with E-state index in [9.17, 15) is 12.8 Å². The number of methoxy groups -OCH3 is 1. The van der Waals surface area contributed by atoms with Gasteiger partial charge < -0.3 is 10.5 Å². The third-order valence-electron chi connectivity index (χ3n) is 2.94. The summed E-state index contributed by atoms with van der Waals surface area (Å²) in [5.74, 6) is -1.51. The molecule has 0 heterocycles. The quantitative estimate of drug-likeness (QED) is 0.804. The molecule has 0 bridgehead atoms. The van der Waals surface area contributed by atoms with Crippen molar-refractivity contribution in [1.82, 2.24) is 4.31 Å². The average Bonchev–Trinajstić information content (AvgIpc) is 2.43. The van der Waals surface area contributed by atoms with Gasteiger partial charge in [-0.3, -0.25) is 0 Å². The molecule has 0 radical (unpaired) electrons. The van der Waals surface area contributed by atoms with Crippen LogP contribution in [0.2, 0.25) is 0 Å². The molecular formula is C13H18FN3O3S. The van der Waals surface area contributed by atoms with Gasteiger partial charge in [0.05, 0.1) is 29.7 Å². The average molecular weight is 315 g/mol. The Morgan fingerprint density at radius 2 is 2.14 bits per heavy atom. The van der Waals surface area contributed by atoms with E-state index in [1.165, 1.54) is 7.11 Å². The molecule has 0 aromatic heterocycles. The predicted octanol–water partition coefficient (Wildman–Crippen LogP) is 1.59. The minimum absolute atomic E-state index is 0.0306. The number of rotatable bonds is 6. The first-order valence-corrected chi connectivity index (χ1v) is 7.74. The van der Waals surface area contributed by atoms with E-state index in [0.29, 0.717) is 0 Å². The second-order valence-electron chi connectivity index (χ2n) is 4.51. The number of nitriles is 1.